The predicted octanol–water partition coefficient (Wildman–Crippen LogP) is 0.988. The zero-order valence-electron chi connectivity index (χ0n) is 7.17. The molecule has 10 heavy (non-hydrogen) atoms. The van der Waals surface area contributed by atoms with Gasteiger partial charge in [-0.1, -0.05) is 27.2 Å². The molecule has 0 saturated heterocycles. The molecular weight excluding hydrogens is 126 g/mol. The van der Waals surface area contributed by atoms with Gasteiger partial charge < -0.3 is 10.8 Å². The van der Waals surface area contributed by atoms with Gasteiger partial charge in [-0.3, -0.25) is 0 Å². The number of aliphatic hydroxyl groups is 1. The highest BCUT2D eigenvalue weighted by Crippen LogP contribution is 2.17. The van der Waals surface area contributed by atoms with E-state index >= 15 is 0 Å². The van der Waals surface area contributed by atoms with Crippen LogP contribution < -0.4 is 5.73 Å². The maximum absolute atomic E-state index is 8.76. The molecule has 0 bridgehead atoms. The molecule has 0 fully saturated rings. The molecule has 0 aliphatic carbocycles. The first-order chi connectivity index (χ1) is 4.63. The molecule has 0 saturated carbocycles. The first-order valence-corrected chi connectivity index (χ1v) is 3.99. The van der Waals surface area contributed by atoms with Crippen molar-refractivity contribution in [2.75, 3.05) is 6.61 Å². The highest BCUT2D eigenvalue weighted by atomic mass is 16.3. The van der Waals surface area contributed by atoms with Crippen LogP contribution >= 0.6 is 0 Å². The fraction of sp³-hybridized carbons (Fsp3) is 1.00. The Morgan fingerprint density at radius 2 is 1.90 bits per heavy atom. The van der Waals surface area contributed by atoms with Crippen LogP contribution in [0.2, 0.25) is 0 Å². The van der Waals surface area contributed by atoms with Crippen LogP contribution in [0.3, 0.4) is 0 Å². The molecule has 0 aromatic rings. The zero-order chi connectivity index (χ0) is 8.15. The predicted molar refractivity (Wildman–Crippen MR) is 43.7 cm³/mol. The molecule has 62 valence electrons. The van der Waals surface area contributed by atoms with E-state index in [2.05, 4.69) is 20.8 Å². The zero-order valence-corrected chi connectivity index (χ0v) is 7.17. The van der Waals surface area contributed by atoms with Crippen LogP contribution in [-0.4, -0.2) is 17.8 Å². The average molecular weight is 145 g/mol. The van der Waals surface area contributed by atoms with E-state index in [0.29, 0.717) is 11.8 Å². The van der Waals surface area contributed by atoms with Crippen LogP contribution in [-0.2, 0) is 0 Å². The van der Waals surface area contributed by atoms with E-state index in [1.165, 1.54) is 0 Å². The van der Waals surface area contributed by atoms with Crippen LogP contribution in [0, 0.1) is 11.8 Å². The first kappa shape index (κ1) is 9.92. The molecule has 0 rings (SSSR count). The summed E-state index contributed by atoms with van der Waals surface area (Å²) in [5, 5.41) is 8.76. The number of hydrogen-bond donors (Lipinski definition) is 2. The highest BCUT2D eigenvalue weighted by molar-refractivity contribution is 4.73. The average Bonchev–Trinajstić information content (AvgIpc) is 1.88. The van der Waals surface area contributed by atoms with E-state index in [1.54, 1.807) is 0 Å². The van der Waals surface area contributed by atoms with Gasteiger partial charge in [-0.15, -0.1) is 0 Å². The Bertz CT molecular complexity index is 83.3. The van der Waals surface area contributed by atoms with Gasteiger partial charge in [0.25, 0.3) is 0 Å². The molecule has 0 radical (unpaired) electrons. The van der Waals surface area contributed by atoms with Gasteiger partial charge in [0.15, 0.2) is 0 Å². The van der Waals surface area contributed by atoms with Crippen molar-refractivity contribution in [3.63, 3.8) is 0 Å². The van der Waals surface area contributed by atoms with Crippen molar-refractivity contribution in [1.82, 2.24) is 0 Å². The Morgan fingerprint density at radius 1 is 1.40 bits per heavy atom. The van der Waals surface area contributed by atoms with Crippen molar-refractivity contribution in [2.24, 2.45) is 17.6 Å². The monoisotopic (exact) mass is 145 g/mol. The van der Waals surface area contributed by atoms with Crippen LogP contribution in [0.4, 0.5) is 0 Å². The van der Waals surface area contributed by atoms with Gasteiger partial charge in [-0.2, -0.15) is 0 Å². The van der Waals surface area contributed by atoms with Crippen molar-refractivity contribution < 1.29 is 5.11 Å². The lowest BCUT2D eigenvalue weighted by molar-refractivity contribution is 0.195. The van der Waals surface area contributed by atoms with Gasteiger partial charge in [-0.25, -0.2) is 0 Å². The summed E-state index contributed by atoms with van der Waals surface area (Å²) in [6, 6.07) is -0.0370. The lowest BCUT2D eigenvalue weighted by Gasteiger charge is -2.24. The van der Waals surface area contributed by atoms with E-state index in [-0.39, 0.29) is 12.6 Å². The smallest absolute Gasteiger partial charge is 0.0585 e. The van der Waals surface area contributed by atoms with Crippen molar-refractivity contribution in [2.45, 2.75) is 33.2 Å². The fourth-order valence-corrected chi connectivity index (χ4v) is 1.40. The topological polar surface area (TPSA) is 46.2 Å². The summed E-state index contributed by atoms with van der Waals surface area (Å²) < 4.78 is 0. The van der Waals surface area contributed by atoms with E-state index in [4.69, 9.17) is 10.8 Å². The lowest BCUT2D eigenvalue weighted by Crippen LogP contribution is -2.36. The minimum absolute atomic E-state index is 0.0370. The molecule has 0 aromatic carbocycles. The van der Waals surface area contributed by atoms with E-state index < -0.39 is 0 Å². The largest absolute Gasteiger partial charge is 0.395 e. The molecule has 2 nitrogen and oxygen atoms in total. The number of aliphatic hydroxyl groups excluding tert-OH is 1. The molecule has 2 heteroatoms. The van der Waals surface area contributed by atoms with Gasteiger partial charge in [0, 0.05) is 6.04 Å². The molecule has 0 aliphatic rings. The Hall–Kier alpha value is -0.0800. The summed E-state index contributed by atoms with van der Waals surface area (Å²) in [4.78, 5) is 0. The van der Waals surface area contributed by atoms with Gasteiger partial charge in [0.05, 0.1) is 6.61 Å². The summed E-state index contributed by atoms with van der Waals surface area (Å²) in [5.41, 5.74) is 5.68. The maximum atomic E-state index is 8.76. The Kier molecular flexibility index (Phi) is 4.65. The summed E-state index contributed by atoms with van der Waals surface area (Å²) in [5.74, 6) is 1.04. The number of nitrogens with two attached hydrogens (primary N) is 1. The van der Waals surface area contributed by atoms with E-state index in [9.17, 15) is 0 Å². The standard InChI is InChI=1S/C8H19NO/c1-4-7(6(2)3)8(9)5-10/h6-8,10H,4-5,9H2,1-3H3. The van der Waals surface area contributed by atoms with Gasteiger partial charge >= 0.3 is 0 Å². The molecule has 0 aliphatic heterocycles. The molecule has 0 aromatic heterocycles. The minimum Gasteiger partial charge on any atom is -0.395 e. The van der Waals surface area contributed by atoms with Crippen molar-refractivity contribution >= 4 is 0 Å². The highest BCUT2D eigenvalue weighted by Gasteiger charge is 2.17. The molecule has 0 heterocycles. The van der Waals surface area contributed by atoms with Gasteiger partial charge in [-0.05, 0) is 11.8 Å². The van der Waals surface area contributed by atoms with E-state index in [0.717, 1.165) is 6.42 Å². The summed E-state index contributed by atoms with van der Waals surface area (Å²) in [6.07, 6.45) is 1.05. The van der Waals surface area contributed by atoms with Crippen LogP contribution in [0.5, 0.6) is 0 Å². The van der Waals surface area contributed by atoms with E-state index in [1.807, 2.05) is 0 Å². The molecule has 0 spiro atoms. The normalized spacial score (nSPS) is 17.4. The third-order valence-electron chi connectivity index (χ3n) is 2.09. The van der Waals surface area contributed by atoms with Gasteiger partial charge in [0.2, 0.25) is 0 Å². The van der Waals surface area contributed by atoms with Crippen molar-refractivity contribution in [3.8, 4) is 0 Å². The third kappa shape index (κ3) is 2.67. The Labute approximate surface area is 63.4 Å². The second kappa shape index (κ2) is 4.69. The van der Waals surface area contributed by atoms with Crippen molar-refractivity contribution in [3.05, 3.63) is 0 Å². The van der Waals surface area contributed by atoms with Gasteiger partial charge in [0.1, 0.15) is 0 Å². The number of rotatable bonds is 4. The Balaban J connectivity index is 3.80. The minimum atomic E-state index is -0.0370. The summed E-state index contributed by atoms with van der Waals surface area (Å²) >= 11 is 0. The third-order valence-corrected chi connectivity index (χ3v) is 2.09. The molecule has 0 amide bonds. The molecule has 2 atom stereocenters. The lowest BCUT2D eigenvalue weighted by atomic mass is 9.87. The fourth-order valence-electron chi connectivity index (χ4n) is 1.40. The van der Waals surface area contributed by atoms with Crippen LogP contribution in [0.15, 0.2) is 0 Å². The summed E-state index contributed by atoms with van der Waals surface area (Å²) in [7, 11) is 0. The molecule has 3 N–H and O–H groups in total. The first-order valence-electron chi connectivity index (χ1n) is 3.99. The quantitative estimate of drug-likeness (QED) is 0.619. The SMILES string of the molecule is CCC(C(C)C)C(N)CO. The maximum Gasteiger partial charge on any atom is 0.0585 e. The number of hydrogen-bond acceptors (Lipinski definition) is 2. The van der Waals surface area contributed by atoms with Crippen LogP contribution in [0.25, 0.3) is 0 Å². The second-order valence-corrected chi connectivity index (χ2v) is 3.16. The molecular formula is C8H19NO. The Morgan fingerprint density at radius 3 is 2.00 bits per heavy atom. The van der Waals surface area contributed by atoms with Crippen LogP contribution in [0.1, 0.15) is 27.2 Å². The summed E-state index contributed by atoms with van der Waals surface area (Å²) in [6.45, 7) is 6.50. The molecule has 2 unspecified atom stereocenters. The second-order valence-electron chi connectivity index (χ2n) is 3.16. The van der Waals surface area contributed by atoms with Crippen molar-refractivity contribution in [1.29, 1.82) is 0 Å².